The van der Waals surface area contributed by atoms with E-state index in [1.54, 1.807) is 0 Å². The van der Waals surface area contributed by atoms with Crippen LogP contribution in [0.1, 0.15) is 33.1 Å². The van der Waals surface area contributed by atoms with Gasteiger partial charge in [0.05, 0.1) is 13.2 Å². The fourth-order valence-corrected chi connectivity index (χ4v) is 25.0. The van der Waals surface area contributed by atoms with Gasteiger partial charge in [0.1, 0.15) is 0 Å². The molecule has 0 saturated carbocycles. The quantitative estimate of drug-likeness (QED) is 0.0769. The molecule has 0 aromatic rings. The molecule has 0 aliphatic carbocycles. The van der Waals surface area contributed by atoms with Gasteiger partial charge in [-0.05, 0) is 76.3 Å². The molecule has 0 fully saturated rings. The maximum atomic E-state index is 11.4. The van der Waals surface area contributed by atoms with Gasteiger partial charge < -0.3 is 21.8 Å². The normalized spacial score (nSPS) is 15.1. The zero-order valence-corrected chi connectivity index (χ0v) is 27.7. The van der Waals surface area contributed by atoms with E-state index in [4.69, 9.17) is 21.8 Å². The highest BCUT2D eigenvalue weighted by Crippen LogP contribution is 2.31. The summed E-state index contributed by atoms with van der Waals surface area (Å²) in [6.45, 7) is 27.1. The molecular formula is C24H50O7Si4. The number of rotatable bonds is 19. The fourth-order valence-electron chi connectivity index (χ4n) is 4.42. The van der Waals surface area contributed by atoms with E-state index >= 15 is 0 Å². The first kappa shape index (κ1) is 34.2. The van der Waals surface area contributed by atoms with Crippen LogP contribution in [-0.2, 0) is 31.4 Å². The molecule has 0 aromatic heterocycles. The van der Waals surface area contributed by atoms with Crippen LogP contribution in [0.4, 0.5) is 0 Å². The number of ether oxygens (including phenoxy) is 2. The van der Waals surface area contributed by atoms with Crippen LogP contribution in [0.15, 0.2) is 25.3 Å². The lowest BCUT2D eigenvalue weighted by Gasteiger charge is -2.43. The van der Waals surface area contributed by atoms with Gasteiger partial charge in [0.25, 0.3) is 0 Å². The number of esters is 2. The Kier molecular flexibility index (Phi) is 15.1. The highest BCUT2D eigenvalue weighted by Gasteiger charge is 2.46. The van der Waals surface area contributed by atoms with Gasteiger partial charge in [-0.1, -0.05) is 39.8 Å². The summed E-state index contributed by atoms with van der Waals surface area (Å²) in [7, 11) is -9.09. The molecule has 0 amide bonds. The molecule has 35 heavy (non-hydrogen) atoms. The van der Waals surface area contributed by atoms with Crippen LogP contribution in [0.3, 0.4) is 0 Å². The van der Waals surface area contributed by atoms with E-state index in [1.807, 2.05) is 0 Å². The minimum absolute atomic E-state index is 0.202. The molecule has 0 aliphatic heterocycles. The highest BCUT2D eigenvalue weighted by molar-refractivity contribution is 6.89. The Morgan fingerprint density at radius 2 is 1.37 bits per heavy atom. The Morgan fingerprint density at radius 3 is 1.91 bits per heavy atom. The lowest BCUT2D eigenvalue weighted by molar-refractivity contribution is -0.139. The van der Waals surface area contributed by atoms with E-state index in [9.17, 15) is 9.59 Å². The van der Waals surface area contributed by atoms with Gasteiger partial charge >= 0.3 is 29.1 Å². The molecular weight excluding hydrogens is 513 g/mol. The summed E-state index contributed by atoms with van der Waals surface area (Å²) < 4.78 is 30.8. The standard InChI is InChI=1S/C24H50O7Si4/c1-12-15-19-35(11,30-33(7,8)21-22(4)20-28-24(26)14-3)31-34(9,10)29-32(5,6)18-16-17-27-23(25)13-2/h13-14,22H,2-3,12,15-21H2,1,4-11H3. The van der Waals surface area contributed by atoms with Crippen LogP contribution >= 0.6 is 0 Å². The first-order valence-electron chi connectivity index (χ1n) is 12.7. The maximum absolute atomic E-state index is 11.4. The first-order valence-corrected chi connectivity index (χ1v) is 24.2. The molecule has 0 heterocycles. The van der Waals surface area contributed by atoms with E-state index < -0.39 is 45.7 Å². The molecule has 204 valence electrons. The number of carbonyl (C=O) groups excluding carboxylic acids is 2. The third-order valence-corrected chi connectivity index (χ3v) is 21.6. The Bertz CT molecular complexity index is 697. The summed E-state index contributed by atoms with van der Waals surface area (Å²) in [5.74, 6) is -0.579. The molecule has 0 rings (SSSR count). The van der Waals surface area contributed by atoms with Gasteiger partial charge in [0.2, 0.25) is 0 Å². The van der Waals surface area contributed by atoms with Crippen LogP contribution in [0, 0.1) is 5.92 Å². The molecule has 0 saturated heterocycles. The zero-order chi connectivity index (χ0) is 27.3. The summed E-state index contributed by atoms with van der Waals surface area (Å²) in [4.78, 5) is 22.7. The maximum Gasteiger partial charge on any atom is 0.330 e. The predicted molar refractivity (Wildman–Crippen MR) is 153 cm³/mol. The van der Waals surface area contributed by atoms with Crippen molar-refractivity contribution in [3.8, 4) is 0 Å². The minimum atomic E-state index is -2.50. The minimum Gasteiger partial charge on any atom is -0.463 e. The van der Waals surface area contributed by atoms with Crippen LogP contribution in [0.2, 0.25) is 64.0 Å². The molecule has 0 aromatic carbocycles. The van der Waals surface area contributed by atoms with Gasteiger partial charge in [-0.25, -0.2) is 9.59 Å². The van der Waals surface area contributed by atoms with Gasteiger partial charge in [-0.2, -0.15) is 0 Å². The molecule has 0 bridgehead atoms. The van der Waals surface area contributed by atoms with E-state index in [0.29, 0.717) is 13.2 Å². The summed E-state index contributed by atoms with van der Waals surface area (Å²) in [5.41, 5.74) is 0. The van der Waals surface area contributed by atoms with E-state index in [-0.39, 0.29) is 5.92 Å². The average Bonchev–Trinajstić information content (AvgIpc) is 2.71. The second-order valence-corrected chi connectivity index (χ2v) is 27.0. The van der Waals surface area contributed by atoms with Crippen molar-refractivity contribution in [2.45, 2.75) is 97.1 Å². The van der Waals surface area contributed by atoms with Crippen LogP contribution in [0.25, 0.3) is 0 Å². The highest BCUT2D eigenvalue weighted by atomic mass is 28.5. The van der Waals surface area contributed by atoms with Crippen molar-refractivity contribution in [1.29, 1.82) is 0 Å². The Labute approximate surface area is 218 Å². The second kappa shape index (κ2) is 15.4. The number of carbonyl (C=O) groups is 2. The number of unbranched alkanes of at least 4 members (excludes halogenated alkanes) is 1. The monoisotopic (exact) mass is 562 g/mol. The Hall–Kier alpha value is -0.832. The smallest absolute Gasteiger partial charge is 0.330 e. The summed E-state index contributed by atoms with van der Waals surface area (Å²) in [5, 5.41) is 0. The van der Waals surface area contributed by atoms with Crippen molar-refractivity contribution in [2.75, 3.05) is 13.2 Å². The zero-order valence-electron chi connectivity index (χ0n) is 23.7. The lowest BCUT2D eigenvalue weighted by atomic mass is 10.2. The summed E-state index contributed by atoms with van der Waals surface area (Å²) >= 11 is 0. The van der Waals surface area contributed by atoms with Crippen molar-refractivity contribution < 1.29 is 31.4 Å². The third kappa shape index (κ3) is 16.5. The summed E-state index contributed by atoms with van der Waals surface area (Å²) in [6, 6.07) is 2.69. The average molecular weight is 563 g/mol. The molecule has 2 atom stereocenters. The molecule has 0 N–H and O–H groups in total. The van der Waals surface area contributed by atoms with Gasteiger partial charge in [-0.3, -0.25) is 0 Å². The van der Waals surface area contributed by atoms with Gasteiger partial charge in [-0.15, -0.1) is 0 Å². The van der Waals surface area contributed by atoms with Crippen LogP contribution in [0.5, 0.6) is 0 Å². The lowest BCUT2D eigenvalue weighted by Crippen LogP contribution is -2.58. The number of hydrogen-bond acceptors (Lipinski definition) is 7. The van der Waals surface area contributed by atoms with Gasteiger partial charge in [0, 0.05) is 12.2 Å². The third-order valence-electron chi connectivity index (χ3n) is 5.31. The molecule has 0 aliphatic rings. The fraction of sp³-hybridized carbons (Fsp3) is 0.750. The number of hydrogen-bond donors (Lipinski definition) is 0. The summed E-state index contributed by atoms with van der Waals surface area (Å²) in [6.07, 6.45) is 5.28. The SMILES string of the molecule is C=CC(=O)OCCC[Si](C)(C)O[Si](C)(C)O[Si](C)(CCCC)O[Si](C)(C)CC(C)COC(=O)C=C. The Balaban J connectivity index is 5.20. The van der Waals surface area contributed by atoms with Crippen molar-refractivity contribution >= 4 is 45.7 Å². The van der Waals surface area contributed by atoms with Crippen LogP contribution in [-0.4, -0.2) is 58.9 Å². The van der Waals surface area contributed by atoms with Gasteiger partial charge in [0.15, 0.2) is 16.6 Å². The molecule has 2 unspecified atom stereocenters. The van der Waals surface area contributed by atoms with Crippen LogP contribution < -0.4 is 0 Å². The predicted octanol–water partition coefficient (Wildman–Crippen LogP) is 6.50. The van der Waals surface area contributed by atoms with Crippen molar-refractivity contribution in [1.82, 2.24) is 0 Å². The Morgan fingerprint density at radius 1 is 0.800 bits per heavy atom. The van der Waals surface area contributed by atoms with E-state index in [2.05, 4.69) is 72.8 Å². The van der Waals surface area contributed by atoms with E-state index in [1.165, 1.54) is 12.2 Å². The van der Waals surface area contributed by atoms with Crippen molar-refractivity contribution in [3.05, 3.63) is 25.3 Å². The molecule has 0 spiro atoms. The van der Waals surface area contributed by atoms with E-state index in [0.717, 1.165) is 37.4 Å². The largest absolute Gasteiger partial charge is 0.463 e. The molecule has 11 heteroatoms. The van der Waals surface area contributed by atoms with Crippen molar-refractivity contribution in [2.24, 2.45) is 5.92 Å². The second-order valence-electron chi connectivity index (χ2n) is 11.1. The molecule has 0 radical (unpaired) electrons. The topological polar surface area (TPSA) is 80.3 Å². The first-order chi connectivity index (χ1) is 16.0. The molecule has 7 nitrogen and oxygen atoms in total. The van der Waals surface area contributed by atoms with Crippen molar-refractivity contribution in [3.63, 3.8) is 0 Å².